The van der Waals surface area contributed by atoms with Gasteiger partial charge in [-0.3, -0.25) is 4.90 Å². The molecule has 1 aliphatic rings. The summed E-state index contributed by atoms with van der Waals surface area (Å²) in [5.41, 5.74) is 3.73. The van der Waals surface area contributed by atoms with Gasteiger partial charge in [-0.2, -0.15) is 5.10 Å². The summed E-state index contributed by atoms with van der Waals surface area (Å²) < 4.78 is 4.76. The third kappa shape index (κ3) is 3.13. The molecule has 26 heavy (non-hydrogen) atoms. The van der Waals surface area contributed by atoms with E-state index in [9.17, 15) is 0 Å². The maximum Gasteiger partial charge on any atom is 0.199 e. The molecular weight excluding hydrogens is 340 g/mol. The summed E-state index contributed by atoms with van der Waals surface area (Å²) in [6, 6.07) is 19.5. The Bertz CT molecular complexity index is 958. The molecule has 0 spiro atoms. The zero-order valence-corrected chi connectivity index (χ0v) is 16.1. The van der Waals surface area contributed by atoms with Crippen LogP contribution in [-0.2, 0) is 13.7 Å². The highest BCUT2D eigenvalue weighted by Gasteiger charge is 2.26. The van der Waals surface area contributed by atoms with Crippen LogP contribution < -0.4 is 0 Å². The fourth-order valence-electron chi connectivity index (χ4n) is 3.86. The molecule has 0 radical (unpaired) electrons. The molecular formula is C21H24N4S. The molecule has 0 saturated carbocycles. The van der Waals surface area contributed by atoms with Crippen LogP contribution in [0.5, 0.6) is 0 Å². The Hall–Kier alpha value is -2.24. The summed E-state index contributed by atoms with van der Waals surface area (Å²) >= 11 is 5.68. The normalized spacial score (nSPS) is 17.7. The Balaban J connectivity index is 1.64. The molecule has 1 fully saturated rings. The van der Waals surface area contributed by atoms with Crippen molar-refractivity contribution in [2.45, 2.75) is 32.5 Å². The molecule has 2 aromatic carbocycles. The van der Waals surface area contributed by atoms with E-state index in [0.29, 0.717) is 6.04 Å². The summed E-state index contributed by atoms with van der Waals surface area (Å²) in [5.74, 6) is 0.934. The van der Waals surface area contributed by atoms with Gasteiger partial charge in [0, 0.05) is 25.2 Å². The monoisotopic (exact) mass is 364 g/mol. The quantitative estimate of drug-likeness (QED) is 0.627. The molecule has 4 nitrogen and oxygen atoms in total. The van der Waals surface area contributed by atoms with Gasteiger partial charge in [0.2, 0.25) is 0 Å². The molecule has 1 unspecified atom stereocenters. The molecule has 0 aliphatic carbocycles. The van der Waals surface area contributed by atoms with Crippen LogP contribution in [0.3, 0.4) is 0 Å². The van der Waals surface area contributed by atoms with Crippen LogP contribution in [0.15, 0.2) is 54.6 Å². The van der Waals surface area contributed by atoms with Crippen LogP contribution in [0.4, 0.5) is 0 Å². The lowest BCUT2D eigenvalue weighted by molar-refractivity contribution is 0.190. The molecule has 2 heterocycles. The lowest BCUT2D eigenvalue weighted by Gasteiger charge is -2.24. The van der Waals surface area contributed by atoms with Crippen molar-refractivity contribution in [2.24, 2.45) is 7.05 Å². The van der Waals surface area contributed by atoms with E-state index in [1.807, 2.05) is 16.3 Å². The standard InChI is InChI=1S/C21H24N4S/c1-16-9-6-7-12-18(16)20-22-25(21(26)23(20)2)15-24-14-8-13-19(24)17-10-4-3-5-11-17/h3-7,9-12,19H,8,13-15H2,1-2H3. The van der Waals surface area contributed by atoms with Crippen molar-refractivity contribution in [3.05, 3.63) is 70.5 Å². The minimum Gasteiger partial charge on any atom is -0.303 e. The smallest absolute Gasteiger partial charge is 0.199 e. The predicted octanol–water partition coefficient (Wildman–Crippen LogP) is 4.72. The van der Waals surface area contributed by atoms with E-state index < -0.39 is 0 Å². The number of benzene rings is 2. The van der Waals surface area contributed by atoms with Gasteiger partial charge >= 0.3 is 0 Å². The van der Waals surface area contributed by atoms with Crippen LogP contribution in [0, 0.1) is 11.7 Å². The molecule has 1 aliphatic heterocycles. The minimum absolute atomic E-state index is 0.446. The molecule has 0 amide bonds. The fourth-order valence-corrected chi connectivity index (χ4v) is 4.04. The third-order valence-corrected chi connectivity index (χ3v) is 5.78. The van der Waals surface area contributed by atoms with Gasteiger partial charge in [-0.05, 0) is 43.1 Å². The van der Waals surface area contributed by atoms with E-state index >= 15 is 0 Å². The first-order valence-corrected chi connectivity index (χ1v) is 9.55. The molecule has 5 heteroatoms. The van der Waals surface area contributed by atoms with Crippen LogP contribution in [0.2, 0.25) is 0 Å². The third-order valence-electron chi connectivity index (χ3n) is 5.29. The van der Waals surface area contributed by atoms with Crippen LogP contribution >= 0.6 is 12.2 Å². The van der Waals surface area contributed by atoms with E-state index in [2.05, 4.69) is 66.4 Å². The van der Waals surface area contributed by atoms with Gasteiger partial charge in [-0.15, -0.1) is 0 Å². The molecule has 1 saturated heterocycles. The van der Waals surface area contributed by atoms with Crippen LogP contribution in [0.25, 0.3) is 11.4 Å². The first-order chi connectivity index (χ1) is 12.6. The second kappa shape index (κ2) is 7.17. The Morgan fingerprint density at radius 3 is 2.58 bits per heavy atom. The Morgan fingerprint density at radius 2 is 1.81 bits per heavy atom. The van der Waals surface area contributed by atoms with E-state index in [-0.39, 0.29) is 0 Å². The zero-order chi connectivity index (χ0) is 18.1. The highest BCUT2D eigenvalue weighted by atomic mass is 32.1. The van der Waals surface area contributed by atoms with Gasteiger partial charge in [0.25, 0.3) is 0 Å². The summed E-state index contributed by atoms with van der Waals surface area (Å²) in [6.07, 6.45) is 2.40. The number of hydrogen-bond acceptors (Lipinski definition) is 3. The van der Waals surface area contributed by atoms with Crippen molar-refractivity contribution < 1.29 is 0 Å². The van der Waals surface area contributed by atoms with E-state index in [4.69, 9.17) is 17.3 Å². The molecule has 1 aromatic heterocycles. The second-order valence-corrected chi connectivity index (χ2v) is 7.37. The van der Waals surface area contributed by atoms with Crippen molar-refractivity contribution in [1.29, 1.82) is 0 Å². The Morgan fingerprint density at radius 1 is 1.08 bits per heavy atom. The van der Waals surface area contributed by atoms with Crippen molar-refractivity contribution in [2.75, 3.05) is 6.54 Å². The van der Waals surface area contributed by atoms with Gasteiger partial charge < -0.3 is 4.57 Å². The van der Waals surface area contributed by atoms with E-state index in [1.165, 1.54) is 24.0 Å². The number of nitrogens with zero attached hydrogens (tertiary/aromatic N) is 4. The SMILES string of the molecule is Cc1ccccc1-c1nn(CN2CCCC2c2ccccc2)c(=S)n1C. The summed E-state index contributed by atoms with van der Waals surface area (Å²) in [4.78, 5) is 2.49. The fraction of sp³-hybridized carbons (Fsp3) is 0.333. The van der Waals surface area contributed by atoms with Crippen LogP contribution in [0.1, 0.15) is 30.0 Å². The zero-order valence-electron chi connectivity index (χ0n) is 15.3. The summed E-state index contributed by atoms with van der Waals surface area (Å²) in [7, 11) is 2.01. The van der Waals surface area contributed by atoms with Crippen molar-refractivity contribution >= 4 is 12.2 Å². The van der Waals surface area contributed by atoms with Crippen LogP contribution in [-0.4, -0.2) is 25.8 Å². The lowest BCUT2D eigenvalue weighted by Crippen LogP contribution is -2.27. The molecule has 0 bridgehead atoms. The minimum atomic E-state index is 0.446. The number of aromatic nitrogens is 3. The molecule has 0 N–H and O–H groups in total. The first-order valence-electron chi connectivity index (χ1n) is 9.14. The highest BCUT2D eigenvalue weighted by Crippen LogP contribution is 2.32. The average Bonchev–Trinajstić information content (AvgIpc) is 3.23. The van der Waals surface area contributed by atoms with Gasteiger partial charge in [0.1, 0.15) is 0 Å². The molecule has 1 atom stereocenters. The number of aryl methyl sites for hydroxylation is 1. The second-order valence-electron chi connectivity index (χ2n) is 7.00. The lowest BCUT2D eigenvalue weighted by atomic mass is 10.1. The average molecular weight is 365 g/mol. The number of rotatable bonds is 4. The number of hydrogen-bond donors (Lipinski definition) is 0. The van der Waals surface area contributed by atoms with Crippen molar-refractivity contribution in [1.82, 2.24) is 19.2 Å². The van der Waals surface area contributed by atoms with Gasteiger partial charge in [-0.25, -0.2) is 4.68 Å². The predicted molar refractivity (Wildman–Crippen MR) is 107 cm³/mol. The molecule has 134 valence electrons. The highest BCUT2D eigenvalue weighted by molar-refractivity contribution is 7.71. The molecule has 3 aromatic rings. The van der Waals surface area contributed by atoms with Crippen molar-refractivity contribution in [3.63, 3.8) is 0 Å². The van der Waals surface area contributed by atoms with E-state index in [1.54, 1.807) is 0 Å². The largest absolute Gasteiger partial charge is 0.303 e. The summed E-state index contributed by atoms with van der Waals surface area (Å²) in [5, 5.41) is 4.87. The Kier molecular flexibility index (Phi) is 4.74. The van der Waals surface area contributed by atoms with Gasteiger partial charge in [0.05, 0.1) is 6.67 Å². The summed E-state index contributed by atoms with van der Waals surface area (Å²) in [6.45, 7) is 3.93. The van der Waals surface area contributed by atoms with Crippen molar-refractivity contribution in [3.8, 4) is 11.4 Å². The number of likely N-dealkylation sites (tertiary alicyclic amines) is 1. The topological polar surface area (TPSA) is 26.0 Å². The van der Waals surface area contributed by atoms with E-state index in [0.717, 1.165) is 29.4 Å². The maximum absolute atomic E-state index is 5.68. The molecule has 4 rings (SSSR count). The Labute approximate surface area is 159 Å². The maximum atomic E-state index is 5.68. The first kappa shape index (κ1) is 17.2. The van der Waals surface area contributed by atoms with Gasteiger partial charge in [0.15, 0.2) is 10.6 Å². The van der Waals surface area contributed by atoms with Gasteiger partial charge in [-0.1, -0.05) is 54.6 Å².